The molecule has 1 fully saturated rings. The number of aliphatic hydroxyl groups excluding tert-OH is 5. The molecule has 6 N–H and O–H groups in total. The maximum absolute atomic E-state index is 13.2. The maximum Gasteiger partial charge on any atom is 0.306 e. The molecule has 8 unspecified atom stereocenters. The second-order valence-electron chi connectivity index (χ2n) is 16.9. The van der Waals surface area contributed by atoms with Crippen molar-refractivity contribution in [1.29, 1.82) is 0 Å². The van der Waals surface area contributed by atoms with E-state index in [0.717, 1.165) is 70.6 Å². The number of hydrogen-bond acceptors (Lipinski definition) is 10. The molecule has 0 spiro atoms. The zero-order valence-corrected chi connectivity index (χ0v) is 39.9. The third-order valence-electron chi connectivity index (χ3n) is 11.2. The number of unbranched alkanes of at least 4 members (excludes halogenated alkanes) is 17. The first-order valence-corrected chi connectivity index (χ1v) is 24.9. The third kappa shape index (κ3) is 30.1. The van der Waals surface area contributed by atoms with Gasteiger partial charge in [0.25, 0.3) is 0 Å². The lowest BCUT2D eigenvalue weighted by atomic mass is 9.99. The molecule has 0 radical (unpaired) electrons. The fourth-order valence-electron chi connectivity index (χ4n) is 7.13. The highest BCUT2D eigenvalue weighted by molar-refractivity contribution is 5.80. The summed E-state index contributed by atoms with van der Waals surface area (Å²) < 4.78 is 17.4. The lowest BCUT2D eigenvalue weighted by molar-refractivity contribution is -0.305. The van der Waals surface area contributed by atoms with Crippen LogP contribution in [0.5, 0.6) is 0 Å². The van der Waals surface area contributed by atoms with Crippen LogP contribution < -0.4 is 5.32 Å². The summed E-state index contributed by atoms with van der Waals surface area (Å²) in [4.78, 5) is 26.2. The average molecular weight is 900 g/mol. The summed E-state index contributed by atoms with van der Waals surface area (Å²) in [6.45, 7) is 5.49. The van der Waals surface area contributed by atoms with E-state index in [1.165, 1.54) is 57.8 Å². The Hall–Kier alpha value is -3.16. The topological polar surface area (TPSA) is 175 Å². The van der Waals surface area contributed by atoms with Crippen LogP contribution in [0.15, 0.2) is 85.1 Å². The number of esters is 1. The van der Waals surface area contributed by atoms with Crippen LogP contribution in [0.3, 0.4) is 0 Å². The van der Waals surface area contributed by atoms with Crippen LogP contribution in [0.25, 0.3) is 0 Å². The fourth-order valence-corrected chi connectivity index (χ4v) is 7.13. The molecule has 0 saturated carbocycles. The SMILES string of the molecule is CC/C=C/C=C/C=C\C=C/C=C/CCC(O)C(=O)NC(COC1OC(CO)C(O)C(O)C1OC(=O)CCCCCCC/C=C\CCCC)C(O)/C=C/CCCCCCCCCCCC. The van der Waals surface area contributed by atoms with E-state index in [4.69, 9.17) is 14.2 Å². The Kier molecular flexibility index (Phi) is 38.0. The van der Waals surface area contributed by atoms with Gasteiger partial charge in [0.2, 0.25) is 5.91 Å². The van der Waals surface area contributed by atoms with Gasteiger partial charge >= 0.3 is 5.97 Å². The van der Waals surface area contributed by atoms with E-state index in [1.807, 2.05) is 60.8 Å². The van der Waals surface area contributed by atoms with Crippen molar-refractivity contribution >= 4 is 11.9 Å². The van der Waals surface area contributed by atoms with Crippen LogP contribution in [-0.4, -0.2) is 99.6 Å². The summed E-state index contributed by atoms with van der Waals surface area (Å²) in [5.41, 5.74) is 0. The van der Waals surface area contributed by atoms with E-state index in [9.17, 15) is 35.1 Å². The van der Waals surface area contributed by atoms with E-state index >= 15 is 0 Å². The van der Waals surface area contributed by atoms with E-state index in [2.05, 4.69) is 44.3 Å². The second kappa shape index (κ2) is 41.3. The first-order valence-electron chi connectivity index (χ1n) is 24.9. The van der Waals surface area contributed by atoms with Crippen molar-refractivity contribution in [1.82, 2.24) is 5.32 Å². The molecule has 11 heteroatoms. The smallest absolute Gasteiger partial charge is 0.306 e. The number of carbonyl (C=O) groups excluding carboxylic acids is 2. The van der Waals surface area contributed by atoms with Gasteiger partial charge in [-0.15, -0.1) is 0 Å². The molecule has 0 aromatic rings. The normalized spacial score (nSPS) is 21.2. The minimum atomic E-state index is -1.63. The average Bonchev–Trinajstić information content (AvgIpc) is 3.29. The maximum atomic E-state index is 13.2. The van der Waals surface area contributed by atoms with Crippen molar-refractivity contribution in [3.63, 3.8) is 0 Å². The molecule has 0 aromatic carbocycles. The lowest BCUT2D eigenvalue weighted by Crippen LogP contribution is -2.61. The Labute approximate surface area is 387 Å². The lowest BCUT2D eigenvalue weighted by Gasteiger charge is -2.41. The van der Waals surface area contributed by atoms with Crippen LogP contribution in [0.2, 0.25) is 0 Å². The molecule has 0 aromatic heterocycles. The van der Waals surface area contributed by atoms with E-state index < -0.39 is 67.4 Å². The highest BCUT2D eigenvalue weighted by atomic mass is 16.7. The number of nitrogens with one attached hydrogen (secondary N) is 1. The molecular formula is C53H89NO10. The number of amides is 1. The zero-order chi connectivity index (χ0) is 46.9. The Bertz CT molecular complexity index is 1360. The van der Waals surface area contributed by atoms with Crippen molar-refractivity contribution in [2.45, 2.75) is 224 Å². The molecule has 8 atom stereocenters. The van der Waals surface area contributed by atoms with Crippen LogP contribution >= 0.6 is 0 Å². The highest BCUT2D eigenvalue weighted by Gasteiger charge is 2.47. The predicted octanol–water partition coefficient (Wildman–Crippen LogP) is 9.88. The molecule has 11 nitrogen and oxygen atoms in total. The molecule has 1 aliphatic rings. The van der Waals surface area contributed by atoms with Crippen molar-refractivity contribution < 1.29 is 49.3 Å². The fraction of sp³-hybridized carbons (Fsp3) is 0.698. The van der Waals surface area contributed by atoms with Crippen LogP contribution in [0.1, 0.15) is 175 Å². The number of allylic oxidation sites excluding steroid dienone is 13. The Morgan fingerprint density at radius 3 is 1.75 bits per heavy atom. The number of rotatable bonds is 39. The van der Waals surface area contributed by atoms with Gasteiger partial charge in [-0.3, -0.25) is 9.59 Å². The molecule has 1 aliphatic heterocycles. The van der Waals surface area contributed by atoms with Gasteiger partial charge in [-0.25, -0.2) is 0 Å². The Balaban J connectivity index is 2.88. The van der Waals surface area contributed by atoms with Crippen LogP contribution in [0.4, 0.5) is 0 Å². The first-order chi connectivity index (χ1) is 31.2. The van der Waals surface area contributed by atoms with Crippen molar-refractivity contribution in [2.75, 3.05) is 13.2 Å². The predicted molar refractivity (Wildman–Crippen MR) is 259 cm³/mol. The summed E-state index contributed by atoms with van der Waals surface area (Å²) in [7, 11) is 0. The number of hydrogen-bond donors (Lipinski definition) is 6. The summed E-state index contributed by atoms with van der Waals surface area (Å²) in [6.07, 6.45) is 40.9. The molecule has 0 aliphatic carbocycles. The molecule has 1 amide bonds. The van der Waals surface area contributed by atoms with Crippen molar-refractivity contribution in [2.24, 2.45) is 0 Å². The van der Waals surface area contributed by atoms with E-state index in [0.29, 0.717) is 12.8 Å². The van der Waals surface area contributed by atoms with Gasteiger partial charge in [-0.1, -0.05) is 196 Å². The summed E-state index contributed by atoms with van der Waals surface area (Å²) in [5, 5.41) is 56.3. The molecule has 366 valence electrons. The highest BCUT2D eigenvalue weighted by Crippen LogP contribution is 2.26. The van der Waals surface area contributed by atoms with Crippen LogP contribution in [-0.2, 0) is 23.8 Å². The molecule has 0 bridgehead atoms. The zero-order valence-electron chi connectivity index (χ0n) is 39.9. The minimum absolute atomic E-state index is 0.100. The van der Waals surface area contributed by atoms with Gasteiger partial charge < -0.3 is 45.1 Å². The van der Waals surface area contributed by atoms with Gasteiger partial charge in [0.05, 0.1) is 25.4 Å². The quantitative estimate of drug-likeness (QED) is 0.0151. The van der Waals surface area contributed by atoms with Gasteiger partial charge in [-0.05, 0) is 57.8 Å². The van der Waals surface area contributed by atoms with Gasteiger partial charge in [0.15, 0.2) is 12.4 Å². The van der Waals surface area contributed by atoms with Crippen LogP contribution in [0, 0.1) is 0 Å². The molecule has 1 heterocycles. The Morgan fingerprint density at radius 1 is 0.625 bits per heavy atom. The Morgan fingerprint density at radius 2 is 1.16 bits per heavy atom. The largest absolute Gasteiger partial charge is 0.454 e. The number of ether oxygens (including phenoxy) is 3. The summed E-state index contributed by atoms with van der Waals surface area (Å²) >= 11 is 0. The second-order valence-corrected chi connectivity index (χ2v) is 16.9. The van der Waals surface area contributed by atoms with E-state index in [1.54, 1.807) is 6.08 Å². The van der Waals surface area contributed by atoms with E-state index in [-0.39, 0.29) is 19.4 Å². The number of carbonyl (C=O) groups is 2. The van der Waals surface area contributed by atoms with Gasteiger partial charge in [0.1, 0.15) is 24.4 Å². The molecule has 1 saturated heterocycles. The van der Waals surface area contributed by atoms with Crippen molar-refractivity contribution in [3.8, 4) is 0 Å². The molecule has 64 heavy (non-hydrogen) atoms. The third-order valence-corrected chi connectivity index (χ3v) is 11.2. The summed E-state index contributed by atoms with van der Waals surface area (Å²) in [5.74, 6) is -1.29. The standard InChI is InChI=1S/C53H89NO10/c1-4-7-10-13-16-19-22-25-27-30-33-36-39-45(56)44(54-52(61)46(57)40-37-34-31-28-26-23-20-17-14-11-8-5-2)43-62-53-51(50(60)49(59)47(42-55)63-53)64-48(58)41-38-35-32-29-24-21-18-15-12-9-6-3/h8,11,14-15,17-18,20,23,26,28,31,34,36,39,44-47,49-51,53,55-57,59-60H,4-7,9-10,12-13,16,19,21-22,24-25,27,29-30,32-33,35,37-38,40-43H2,1-3H3,(H,54,61)/b11-8+,17-14+,18-15-,23-20-,28-26-,34-31+,39-36+. The van der Waals surface area contributed by atoms with Gasteiger partial charge in [0, 0.05) is 6.42 Å². The summed E-state index contributed by atoms with van der Waals surface area (Å²) in [6, 6.07) is -1.06. The minimum Gasteiger partial charge on any atom is -0.454 e. The monoisotopic (exact) mass is 900 g/mol. The van der Waals surface area contributed by atoms with Gasteiger partial charge in [-0.2, -0.15) is 0 Å². The molecular weight excluding hydrogens is 811 g/mol. The first kappa shape index (κ1) is 58.9. The molecule has 1 rings (SSSR count). The number of aliphatic hydroxyl groups is 5. The van der Waals surface area contributed by atoms with Crippen molar-refractivity contribution in [3.05, 3.63) is 85.1 Å².